The van der Waals surface area contributed by atoms with Crippen molar-refractivity contribution < 1.29 is 14.6 Å². The number of cyclic esters (lactones) is 1. The zero-order valence-corrected chi connectivity index (χ0v) is 16.4. The number of nitrogens with zero attached hydrogens (tertiary/aromatic N) is 3. The number of rotatable bonds is 5. The lowest BCUT2D eigenvalue weighted by Crippen LogP contribution is -2.45. The van der Waals surface area contributed by atoms with E-state index < -0.39 is 5.60 Å². The van der Waals surface area contributed by atoms with Crippen molar-refractivity contribution in [3.63, 3.8) is 0 Å². The summed E-state index contributed by atoms with van der Waals surface area (Å²) < 4.78 is 5.52. The van der Waals surface area contributed by atoms with Gasteiger partial charge in [-0.2, -0.15) is 5.26 Å². The summed E-state index contributed by atoms with van der Waals surface area (Å²) in [5, 5.41) is 19.2. The predicted molar refractivity (Wildman–Crippen MR) is 105 cm³/mol. The van der Waals surface area contributed by atoms with Crippen LogP contribution < -0.4 is 0 Å². The lowest BCUT2D eigenvalue weighted by Gasteiger charge is -2.37. The number of hydrogen-bond donors (Lipinski definition) is 1. The van der Waals surface area contributed by atoms with Gasteiger partial charge in [0.15, 0.2) is 0 Å². The Morgan fingerprint density at radius 2 is 2.07 bits per heavy atom. The number of carbonyl (C=O) groups excluding carboxylic acids is 1. The van der Waals surface area contributed by atoms with Gasteiger partial charge in [0.1, 0.15) is 12.2 Å². The summed E-state index contributed by atoms with van der Waals surface area (Å²) in [6, 6.07) is 13.2. The van der Waals surface area contributed by atoms with E-state index in [1.54, 1.807) is 37.1 Å². The molecule has 1 aromatic carbocycles. The molecule has 3 rings (SSSR count). The summed E-state index contributed by atoms with van der Waals surface area (Å²) in [5.41, 5.74) is 2.16. The Morgan fingerprint density at radius 3 is 2.68 bits per heavy atom. The molecule has 0 bridgehead atoms. The zero-order valence-electron chi connectivity index (χ0n) is 16.4. The van der Waals surface area contributed by atoms with Crippen LogP contribution in [0, 0.1) is 11.3 Å². The van der Waals surface area contributed by atoms with E-state index in [4.69, 9.17) is 4.74 Å². The fourth-order valence-corrected chi connectivity index (χ4v) is 3.52. The molecule has 2 atom stereocenters. The SMILES string of the molecule is CC(c1ccc(-c2ncccc2C#N)cc1)N1CCC(CC(C)(C)O)OC1=O. The fraction of sp³-hybridized carbons (Fsp3) is 0.409. The van der Waals surface area contributed by atoms with Gasteiger partial charge >= 0.3 is 6.09 Å². The van der Waals surface area contributed by atoms with E-state index in [9.17, 15) is 15.2 Å². The topological polar surface area (TPSA) is 86.5 Å². The van der Waals surface area contributed by atoms with Gasteiger partial charge in [-0.3, -0.25) is 4.98 Å². The third kappa shape index (κ3) is 4.49. The molecule has 0 saturated carbocycles. The number of hydrogen-bond acceptors (Lipinski definition) is 5. The zero-order chi connectivity index (χ0) is 20.3. The first-order valence-electron chi connectivity index (χ1n) is 9.43. The molecule has 1 aliphatic heterocycles. The van der Waals surface area contributed by atoms with Crippen LogP contribution in [0.15, 0.2) is 42.6 Å². The summed E-state index contributed by atoms with van der Waals surface area (Å²) in [7, 11) is 0. The molecule has 1 saturated heterocycles. The van der Waals surface area contributed by atoms with E-state index in [1.807, 2.05) is 31.2 Å². The summed E-state index contributed by atoms with van der Waals surface area (Å²) in [6.45, 7) is 5.99. The largest absolute Gasteiger partial charge is 0.446 e. The Hall–Kier alpha value is -2.91. The van der Waals surface area contributed by atoms with Crippen LogP contribution >= 0.6 is 0 Å². The molecule has 0 aliphatic carbocycles. The van der Waals surface area contributed by atoms with Crippen molar-refractivity contribution in [1.82, 2.24) is 9.88 Å². The Bertz CT molecular complexity index is 881. The number of amides is 1. The highest BCUT2D eigenvalue weighted by Crippen LogP contribution is 2.29. The number of ether oxygens (including phenoxy) is 1. The molecule has 1 fully saturated rings. The van der Waals surface area contributed by atoms with Gasteiger partial charge in [-0.15, -0.1) is 0 Å². The maximum Gasteiger partial charge on any atom is 0.410 e. The van der Waals surface area contributed by atoms with E-state index in [-0.39, 0.29) is 18.2 Å². The van der Waals surface area contributed by atoms with Crippen LogP contribution in [0.5, 0.6) is 0 Å². The number of nitriles is 1. The van der Waals surface area contributed by atoms with Crippen molar-refractivity contribution in [2.45, 2.75) is 51.4 Å². The van der Waals surface area contributed by atoms with Gasteiger partial charge < -0.3 is 14.7 Å². The molecular weight excluding hydrogens is 354 g/mol. The van der Waals surface area contributed by atoms with Gasteiger partial charge in [-0.1, -0.05) is 24.3 Å². The molecule has 6 heteroatoms. The van der Waals surface area contributed by atoms with Gasteiger partial charge in [0.05, 0.1) is 22.9 Å². The van der Waals surface area contributed by atoms with Crippen LogP contribution in [0.2, 0.25) is 0 Å². The molecular formula is C22H25N3O3. The highest BCUT2D eigenvalue weighted by Gasteiger charge is 2.33. The van der Waals surface area contributed by atoms with Crippen molar-refractivity contribution in [2.24, 2.45) is 0 Å². The fourth-order valence-electron chi connectivity index (χ4n) is 3.52. The number of benzene rings is 1. The smallest absolute Gasteiger partial charge is 0.410 e. The maximum absolute atomic E-state index is 12.5. The third-order valence-corrected chi connectivity index (χ3v) is 4.98. The first-order valence-corrected chi connectivity index (χ1v) is 9.43. The normalized spacial score (nSPS) is 18.3. The molecule has 1 N–H and O–H groups in total. The summed E-state index contributed by atoms with van der Waals surface area (Å²) in [5.74, 6) is 0. The average molecular weight is 379 g/mol. The first kappa shape index (κ1) is 19.8. The minimum absolute atomic E-state index is 0.135. The highest BCUT2D eigenvalue weighted by atomic mass is 16.6. The number of carbonyl (C=O) groups is 1. The maximum atomic E-state index is 12.5. The molecule has 0 radical (unpaired) electrons. The Kier molecular flexibility index (Phi) is 5.66. The molecule has 2 heterocycles. The van der Waals surface area contributed by atoms with Gasteiger partial charge in [0.2, 0.25) is 0 Å². The molecule has 146 valence electrons. The Labute approximate surface area is 165 Å². The van der Waals surface area contributed by atoms with E-state index >= 15 is 0 Å². The van der Waals surface area contributed by atoms with Gasteiger partial charge in [0.25, 0.3) is 0 Å². The van der Waals surface area contributed by atoms with Gasteiger partial charge in [0, 0.05) is 31.1 Å². The monoisotopic (exact) mass is 379 g/mol. The van der Waals surface area contributed by atoms with E-state index in [0.29, 0.717) is 30.6 Å². The summed E-state index contributed by atoms with van der Waals surface area (Å²) in [4.78, 5) is 18.5. The Balaban J connectivity index is 1.71. The quantitative estimate of drug-likeness (QED) is 0.847. The van der Waals surface area contributed by atoms with Gasteiger partial charge in [-0.25, -0.2) is 4.79 Å². The summed E-state index contributed by atoms with van der Waals surface area (Å²) in [6.07, 6.45) is 2.18. The van der Waals surface area contributed by atoms with E-state index in [0.717, 1.165) is 11.1 Å². The van der Waals surface area contributed by atoms with Crippen molar-refractivity contribution in [3.8, 4) is 17.3 Å². The standard InChI is InChI=1S/C22H25N3O3/c1-15(25-12-10-19(28-21(25)26)13-22(2,3)27)16-6-8-17(9-7-16)20-18(14-23)5-4-11-24-20/h4-9,11,15,19,27H,10,12-13H2,1-3H3. The van der Waals surface area contributed by atoms with E-state index in [2.05, 4.69) is 11.1 Å². The number of pyridine rings is 1. The number of aromatic nitrogens is 1. The number of aliphatic hydroxyl groups is 1. The molecule has 1 aliphatic rings. The van der Waals surface area contributed by atoms with Crippen LogP contribution in [-0.4, -0.2) is 39.3 Å². The molecule has 2 aromatic rings. The van der Waals surface area contributed by atoms with Crippen molar-refractivity contribution >= 4 is 6.09 Å². The molecule has 0 spiro atoms. The molecule has 6 nitrogen and oxygen atoms in total. The van der Waals surface area contributed by atoms with Crippen LogP contribution in [0.1, 0.15) is 50.8 Å². The molecule has 1 aromatic heterocycles. The van der Waals surface area contributed by atoms with Crippen LogP contribution in [0.3, 0.4) is 0 Å². The second-order valence-corrected chi connectivity index (χ2v) is 7.81. The lowest BCUT2D eigenvalue weighted by atomic mass is 9.97. The van der Waals surface area contributed by atoms with Crippen molar-refractivity contribution in [1.29, 1.82) is 5.26 Å². The predicted octanol–water partition coefficient (Wildman–Crippen LogP) is 4.05. The van der Waals surface area contributed by atoms with Crippen molar-refractivity contribution in [3.05, 3.63) is 53.7 Å². The second-order valence-electron chi connectivity index (χ2n) is 7.81. The third-order valence-electron chi connectivity index (χ3n) is 4.98. The lowest BCUT2D eigenvalue weighted by molar-refractivity contribution is -0.0309. The van der Waals surface area contributed by atoms with Crippen molar-refractivity contribution in [2.75, 3.05) is 6.54 Å². The minimum Gasteiger partial charge on any atom is -0.446 e. The summed E-state index contributed by atoms with van der Waals surface area (Å²) >= 11 is 0. The Morgan fingerprint density at radius 1 is 1.36 bits per heavy atom. The van der Waals surface area contributed by atoms with Crippen LogP contribution in [0.4, 0.5) is 4.79 Å². The highest BCUT2D eigenvalue weighted by molar-refractivity contribution is 5.70. The molecule has 28 heavy (non-hydrogen) atoms. The minimum atomic E-state index is -0.859. The van der Waals surface area contributed by atoms with E-state index in [1.165, 1.54) is 0 Å². The molecule has 2 unspecified atom stereocenters. The molecule has 1 amide bonds. The second kappa shape index (κ2) is 7.99. The van der Waals surface area contributed by atoms with Crippen LogP contribution in [-0.2, 0) is 4.74 Å². The van der Waals surface area contributed by atoms with Gasteiger partial charge in [-0.05, 0) is 38.5 Å². The van der Waals surface area contributed by atoms with Crippen LogP contribution in [0.25, 0.3) is 11.3 Å². The first-order chi connectivity index (χ1) is 13.3. The average Bonchev–Trinajstić information content (AvgIpc) is 2.66.